The van der Waals surface area contributed by atoms with E-state index in [2.05, 4.69) is 36.2 Å². The molecule has 1 aliphatic rings. The molecular formula is C26H24N6O4. The van der Waals surface area contributed by atoms with Crippen LogP contribution >= 0.6 is 0 Å². The highest BCUT2D eigenvalue weighted by atomic mass is 16.5. The van der Waals surface area contributed by atoms with Gasteiger partial charge in [-0.1, -0.05) is 18.2 Å². The Labute approximate surface area is 206 Å². The van der Waals surface area contributed by atoms with Crippen molar-refractivity contribution >= 4 is 39.5 Å². The van der Waals surface area contributed by atoms with Crippen molar-refractivity contribution in [1.29, 1.82) is 0 Å². The van der Waals surface area contributed by atoms with Gasteiger partial charge in [-0.3, -0.25) is 4.98 Å². The number of rotatable bonds is 8. The highest BCUT2D eigenvalue weighted by Gasteiger charge is 2.18. The lowest BCUT2D eigenvalue weighted by Crippen LogP contribution is -2.37. The highest BCUT2D eigenvalue weighted by Crippen LogP contribution is 2.31. The molecule has 0 saturated carbocycles. The van der Waals surface area contributed by atoms with E-state index in [1.165, 1.54) is 0 Å². The molecule has 3 aromatic heterocycles. The zero-order valence-corrected chi connectivity index (χ0v) is 19.5. The predicted molar refractivity (Wildman–Crippen MR) is 135 cm³/mol. The molecule has 0 bridgehead atoms. The van der Waals surface area contributed by atoms with Crippen molar-refractivity contribution in [3.8, 4) is 11.8 Å². The van der Waals surface area contributed by atoms with E-state index in [0.717, 1.165) is 27.6 Å². The molecule has 0 unspecified atom stereocenters. The van der Waals surface area contributed by atoms with Crippen LogP contribution in [0.25, 0.3) is 21.9 Å². The third-order valence-corrected chi connectivity index (χ3v) is 5.75. The fourth-order valence-corrected chi connectivity index (χ4v) is 4.03. The number of fused-ring (bicyclic) bond motifs is 3. The molecule has 10 heteroatoms. The molecule has 5 aromatic rings. The van der Waals surface area contributed by atoms with Gasteiger partial charge in [-0.15, -0.1) is 0 Å². The average molecular weight is 485 g/mol. The Balaban J connectivity index is 1.22. The molecule has 1 fully saturated rings. The van der Waals surface area contributed by atoms with Gasteiger partial charge >= 0.3 is 6.01 Å². The van der Waals surface area contributed by atoms with Crippen LogP contribution in [0.2, 0.25) is 0 Å². The number of morpholine rings is 1. The van der Waals surface area contributed by atoms with Crippen molar-refractivity contribution < 1.29 is 18.6 Å². The first kappa shape index (κ1) is 22.1. The summed E-state index contributed by atoms with van der Waals surface area (Å²) < 4.78 is 23.0. The first-order valence-corrected chi connectivity index (χ1v) is 11.7. The van der Waals surface area contributed by atoms with Crippen LogP contribution in [0.4, 0.5) is 17.6 Å². The summed E-state index contributed by atoms with van der Waals surface area (Å²) in [6.45, 7) is 3.22. The van der Waals surface area contributed by atoms with E-state index in [9.17, 15) is 0 Å². The van der Waals surface area contributed by atoms with E-state index in [1.54, 1.807) is 12.4 Å². The molecule has 10 nitrogen and oxygen atoms in total. The first-order chi connectivity index (χ1) is 17.8. The second kappa shape index (κ2) is 10.0. The Morgan fingerprint density at radius 1 is 0.861 bits per heavy atom. The summed E-state index contributed by atoms with van der Waals surface area (Å²) in [5, 5.41) is 5.41. The largest absolute Gasteiger partial charge is 0.488 e. The SMILES string of the molecule is c1cncc(OCCOc2nc(Nc3ccc4c(c3)oc3ccccc34)nc(N3CCOCC3)n2)c1. The second-order valence-electron chi connectivity index (χ2n) is 8.16. The molecule has 2 aromatic carbocycles. The zero-order valence-electron chi connectivity index (χ0n) is 19.5. The number of pyridine rings is 1. The summed E-state index contributed by atoms with van der Waals surface area (Å²) in [5.41, 5.74) is 2.43. The fraction of sp³-hybridized carbons (Fsp3) is 0.231. The molecule has 1 aliphatic heterocycles. The molecular weight excluding hydrogens is 460 g/mol. The van der Waals surface area contributed by atoms with E-state index < -0.39 is 0 Å². The quantitative estimate of drug-likeness (QED) is 0.322. The van der Waals surface area contributed by atoms with Gasteiger partial charge in [0.15, 0.2) is 0 Å². The number of nitrogens with one attached hydrogen (secondary N) is 1. The predicted octanol–water partition coefficient (Wildman–Crippen LogP) is 4.20. The Kier molecular flexibility index (Phi) is 6.15. The molecule has 0 aliphatic carbocycles. The van der Waals surface area contributed by atoms with Crippen LogP contribution in [0.5, 0.6) is 11.8 Å². The average Bonchev–Trinajstić information content (AvgIpc) is 3.30. The van der Waals surface area contributed by atoms with E-state index in [-0.39, 0.29) is 12.6 Å². The highest BCUT2D eigenvalue weighted by molar-refractivity contribution is 6.05. The fourth-order valence-electron chi connectivity index (χ4n) is 4.03. The van der Waals surface area contributed by atoms with Crippen LogP contribution < -0.4 is 19.7 Å². The van der Waals surface area contributed by atoms with Crippen molar-refractivity contribution in [2.24, 2.45) is 0 Å². The lowest BCUT2D eigenvalue weighted by Gasteiger charge is -2.27. The van der Waals surface area contributed by atoms with Crippen molar-refractivity contribution in [1.82, 2.24) is 19.9 Å². The van der Waals surface area contributed by atoms with Gasteiger partial charge in [0.05, 0.1) is 19.4 Å². The molecule has 6 rings (SSSR count). The molecule has 0 radical (unpaired) electrons. The number of ether oxygens (including phenoxy) is 3. The molecule has 4 heterocycles. The maximum absolute atomic E-state index is 6.02. The molecule has 0 spiro atoms. The maximum Gasteiger partial charge on any atom is 0.323 e. The van der Waals surface area contributed by atoms with Gasteiger partial charge in [0.2, 0.25) is 11.9 Å². The van der Waals surface area contributed by atoms with Crippen molar-refractivity contribution in [3.63, 3.8) is 0 Å². The summed E-state index contributed by atoms with van der Waals surface area (Å²) in [5.74, 6) is 1.59. The summed E-state index contributed by atoms with van der Waals surface area (Å²) in [6.07, 6.45) is 3.35. The first-order valence-electron chi connectivity index (χ1n) is 11.7. The Morgan fingerprint density at radius 2 is 1.72 bits per heavy atom. The smallest absolute Gasteiger partial charge is 0.323 e. The van der Waals surface area contributed by atoms with Gasteiger partial charge in [-0.25, -0.2) is 0 Å². The van der Waals surface area contributed by atoms with Crippen LogP contribution in [0.15, 0.2) is 71.4 Å². The standard InChI is InChI=1S/C26H24N6O4/c1-2-6-22-20(5-1)21-8-7-18(16-23(21)36-22)28-24-29-25(32-10-12-33-13-11-32)31-26(30-24)35-15-14-34-19-4-3-9-27-17-19/h1-9,16-17H,10-15H2,(H,28,29,30,31). The number of hydrogen-bond donors (Lipinski definition) is 1. The summed E-state index contributed by atoms with van der Waals surface area (Å²) in [4.78, 5) is 19.7. The van der Waals surface area contributed by atoms with Crippen LogP contribution in [-0.4, -0.2) is 59.5 Å². The third kappa shape index (κ3) is 4.84. The normalized spacial score (nSPS) is 13.7. The Hall–Kier alpha value is -4.44. The maximum atomic E-state index is 6.02. The number of benzene rings is 2. The lowest BCUT2D eigenvalue weighted by molar-refractivity contribution is 0.122. The number of aromatic nitrogens is 4. The van der Waals surface area contributed by atoms with Crippen LogP contribution in [0.1, 0.15) is 0 Å². The molecule has 36 heavy (non-hydrogen) atoms. The number of nitrogens with zero attached hydrogens (tertiary/aromatic N) is 5. The zero-order chi connectivity index (χ0) is 24.2. The van der Waals surface area contributed by atoms with Crippen molar-refractivity contribution in [2.75, 3.05) is 49.7 Å². The van der Waals surface area contributed by atoms with Gasteiger partial charge in [-0.2, -0.15) is 15.0 Å². The number of anilines is 3. The summed E-state index contributed by atoms with van der Waals surface area (Å²) in [7, 11) is 0. The lowest BCUT2D eigenvalue weighted by atomic mass is 10.1. The van der Waals surface area contributed by atoms with Crippen LogP contribution in [0.3, 0.4) is 0 Å². The number of para-hydroxylation sites is 1. The minimum Gasteiger partial charge on any atom is -0.488 e. The van der Waals surface area contributed by atoms with Crippen LogP contribution in [0, 0.1) is 0 Å². The van der Waals surface area contributed by atoms with Gasteiger partial charge in [0, 0.05) is 41.8 Å². The summed E-state index contributed by atoms with van der Waals surface area (Å²) >= 11 is 0. The number of furan rings is 1. The van der Waals surface area contributed by atoms with Gasteiger partial charge < -0.3 is 28.8 Å². The third-order valence-electron chi connectivity index (χ3n) is 5.75. The van der Waals surface area contributed by atoms with Gasteiger partial charge in [0.1, 0.15) is 30.1 Å². The molecule has 1 saturated heterocycles. The molecule has 0 atom stereocenters. The van der Waals surface area contributed by atoms with Crippen molar-refractivity contribution in [3.05, 3.63) is 67.0 Å². The molecule has 1 N–H and O–H groups in total. The number of hydrogen-bond acceptors (Lipinski definition) is 10. The topological polar surface area (TPSA) is 108 Å². The van der Waals surface area contributed by atoms with Crippen LogP contribution in [-0.2, 0) is 4.74 Å². The van der Waals surface area contributed by atoms with E-state index in [4.69, 9.17) is 18.6 Å². The Bertz CT molecular complexity index is 1470. The van der Waals surface area contributed by atoms with E-state index in [0.29, 0.717) is 50.6 Å². The van der Waals surface area contributed by atoms with E-state index in [1.807, 2.05) is 48.5 Å². The Morgan fingerprint density at radius 3 is 2.61 bits per heavy atom. The van der Waals surface area contributed by atoms with Crippen molar-refractivity contribution in [2.45, 2.75) is 0 Å². The minimum absolute atomic E-state index is 0.216. The van der Waals surface area contributed by atoms with Gasteiger partial charge in [-0.05, 0) is 30.3 Å². The molecule has 0 amide bonds. The van der Waals surface area contributed by atoms with Gasteiger partial charge in [0.25, 0.3) is 0 Å². The monoisotopic (exact) mass is 484 g/mol. The minimum atomic E-state index is 0.216. The second-order valence-corrected chi connectivity index (χ2v) is 8.16. The van der Waals surface area contributed by atoms with E-state index >= 15 is 0 Å². The summed E-state index contributed by atoms with van der Waals surface area (Å²) in [6, 6.07) is 17.8. The molecule has 182 valence electrons.